The summed E-state index contributed by atoms with van der Waals surface area (Å²) in [4.78, 5) is 11.8. The Bertz CT molecular complexity index is 389. The topological polar surface area (TPSA) is 83.8 Å². The minimum absolute atomic E-state index is 0.0112. The minimum Gasteiger partial charge on any atom is -0.327 e. The van der Waals surface area contributed by atoms with Crippen molar-refractivity contribution in [2.75, 3.05) is 5.32 Å². The average Bonchev–Trinajstić information content (AvgIpc) is 2.64. The summed E-state index contributed by atoms with van der Waals surface area (Å²) < 4.78 is 0. The molecule has 1 aromatic heterocycles. The van der Waals surface area contributed by atoms with Gasteiger partial charge in [-0.2, -0.15) is 5.10 Å². The molecule has 0 spiro atoms. The summed E-state index contributed by atoms with van der Waals surface area (Å²) in [6.07, 6.45) is 0. The highest BCUT2D eigenvalue weighted by Crippen LogP contribution is 2.22. The molecule has 1 rings (SSSR count). The van der Waals surface area contributed by atoms with Gasteiger partial charge in [0.05, 0.1) is 5.92 Å². The highest BCUT2D eigenvalue weighted by Gasteiger charge is 2.20. The van der Waals surface area contributed by atoms with E-state index in [0.717, 1.165) is 5.69 Å². The Morgan fingerprint density at radius 1 is 1.47 bits per heavy atom. The molecule has 0 aliphatic carbocycles. The predicted molar refractivity (Wildman–Crippen MR) is 68.7 cm³/mol. The molecule has 1 heterocycles. The van der Waals surface area contributed by atoms with E-state index in [-0.39, 0.29) is 23.3 Å². The number of nitrogens with two attached hydrogens (primary N) is 1. The molecular weight excluding hydrogens is 216 g/mol. The van der Waals surface area contributed by atoms with Crippen molar-refractivity contribution in [3.8, 4) is 0 Å². The zero-order valence-electron chi connectivity index (χ0n) is 11.2. The fraction of sp³-hybridized carbons (Fsp3) is 0.667. The van der Waals surface area contributed by atoms with Gasteiger partial charge in [-0.3, -0.25) is 9.89 Å². The average molecular weight is 238 g/mol. The number of nitrogens with one attached hydrogen (secondary N) is 2. The molecule has 0 aromatic carbocycles. The number of carbonyl (C=O) groups is 1. The van der Waals surface area contributed by atoms with Crippen LogP contribution in [-0.2, 0) is 10.2 Å². The molecule has 17 heavy (non-hydrogen) atoms. The summed E-state index contributed by atoms with van der Waals surface area (Å²) in [7, 11) is 0. The van der Waals surface area contributed by atoms with Crippen molar-refractivity contribution in [2.24, 2.45) is 11.7 Å². The SMILES string of the molecule is CC(N)C(C)C(=O)Nc1cc(C(C)(C)C)[nH]n1. The highest BCUT2D eigenvalue weighted by atomic mass is 16.2. The Balaban J connectivity index is 2.71. The molecule has 2 atom stereocenters. The van der Waals surface area contributed by atoms with Gasteiger partial charge in [0.25, 0.3) is 0 Å². The zero-order chi connectivity index (χ0) is 13.2. The smallest absolute Gasteiger partial charge is 0.229 e. The van der Waals surface area contributed by atoms with Crippen LogP contribution in [0.1, 0.15) is 40.3 Å². The number of hydrogen-bond acceptors (Lipinski definition) is 3. The monoisotopic (exact) mass is 238 g/mol. The number of carbonyl (C=O) groups excluding carboxylic acids is 1. The fourth-order valence-electron chi connectivity index (χ4n) is 1.25. The predicted octanol–water partition coefficient (Wildman–Crippen LogP) is 1.63. The lowest BCUT2D eigenvalue weighted by Gasteiger charge is -2.15. The van der Waals surface area contributed by atoms with Crippen LogP contribution in [-0.4, -0.2) is 22.1 Å². The third-order valence-corrected chi connectivity index (χ3v) is 2.84. The van der Waals surface area contributed by atoms with E-state index in [4.69, 9.17) is 5.73 Å². The lowest BCUT2D eigenvalue weighted by Crippen LogP contribution is -2.34. The molecule has 0 fully saturated rings. The van der Waals surface area contributed by atoms with Gasteiger partial charge < -0.3 is 11.1 Å². The zero-order valence-corrected chi connectivity index (χ0v) is 11.2. The van der Waals surface area contributed by atoms with Crippen molar-refractivity contribution >= 4 is 11.7 Å². The summed E-state index contributed by atoms with van der Waals surface area (Å²) >= 11 is 0. The standard InChI is InChI=1S/C12H22N4O/c1-7(8(2)13)11(17)14-10-6-9(15-16-10)12(3,4)5/h6-8H,13H2,1-5H3,(H2,14,15,16,17). The fourth-order valence-corrected chi connectivity index (χ4v) is 1.25. The summed E-state index contributed by atoms with van der Waals surface area (Å²) in [5, 5.41) is 9.74. The second-order valence-corrected chi connectivity index (χ2v) is 5.55. The van der Waals surface area contributed by atoms with E-state index in [1.807, 2.05) is 13.0 Å². The quantitative estimate of drug-likeness (QED) is 0.748. The van der Waals surface area contributed by atoms with Crippen LogP contribution in [0.5, 0.6) is 0 Å². The number of hydrogen-bond donors (Lipinski definition) is 3. The molecular formula is C12H22N4O. The molecule has 2 unspecified atom stereocenters. The van der Waals surface area contributed by atoms with Crippen LogP contribution in [0.15, 0.2) is 6.07 Å². The number of rotatable bonds is 3. The van der Waals surface area contributed by atoms with E-state index in [1.165, 1.54) is 0 Å². The van der Waals surface area contributed by atoms with Gasteiger partial charge in [0.15, 0.2) is 5.82 Å². The second-order valence-electron chi connectivity index (χ2n) is 5.55. The largest absolute Gasteiger partial charge is 0.327 e. The molecule has 5 nitrogen and oxygen atoms in total. The summed E-state index contributed by atoms with van der Waals surface area (Å²) in [5.41, 5.74) is 6.65. The van der Waals surface area contributed by atoms with Crippen molar-refractivity contribution < 1.29 is 4.79 Å². The van der Waals surface area contributed by atoms with Gasteiger partial charge in [-0.15, -0.1) is 0 Å². The van der Waals surface area contributed by atoms with Gasteiger partial charge in [-0.05, 0) is 6.92 Å². The lowest BCUT2D eigenvalue weighted by atomic mass is 9.92. The Morgan fingerprint density at radius 3 is 2.47 bits per heavy atom. The van der Waals surface area contributed by atoms with E-state index in [1.54, 1.807) is 6.92 Å². The van der Waals surface area contributed by atoms with Crippen LogP contribution >= 0.6 is 0 Å². The van der Waals surface area contributed by atoms with Crippen molar-refractivity contribution in [1.82, 2.24) is 10.2 Å². The summed E-state index contributed by atoms with van der Waals surface area (Å²) in [5.74, 6) is 0.212. The number of aromatic amines is 1. The van der Waals surface area contributed by atoms with Gasteiger partial charge in [-0.1, -0.05) is 27.7 Å². The maximum absolute atomic E-state index is 11.8. The molecule has 5 heteroatoms. The summed E-state index contributed by atoms with van der Waals surface area (Å²) in [6.45, 7) is 9.86. The van der Waals surface area contributed by atoms with E-state index < -0.39 is 0 Å². The molecule has 96 valence electrons. The van der Waals surface area contributed by atoms with Gasteiger partial charge >= 0.3 is 0 Å². The van der Waals surface area contributed by atoms with Gasteiger partial charge in [0, 0.05) is 23.2 Å². The van der Waals surface area contributed by atoms with Gasteiger partial charge in [0.1, 0.15) is 0 Å². The van der Waals surface area contributed by atoms with Gasteiger partial charge in [-0.25, -0.2) is 0 Å². The molecule has 1 amide bonds. The third-order valence-electron chi connectivity index (χ3n) is 2.84. The van der Waals surface area contributed by atoms with Crippen LogP contribution in [0, 0.1) is 5.92 Å². The molecule has 1 aromatic rings. The highest BCUT2D eigenvalue weighted by molar-refractivity contribution is 5.91. The number of nitrogens with zero attached hydrogens (tertiary/aromatic N) is 1. The van der Waals surface area contributed by atoms with E-state index >= 15 is 0 Å². The van der Waals surface area contributed by atoms with Crippen LogP contribution < -0.4 is 11.1 Å². The van der Waals surface area contributed by atoms with E-state index in [2.05, 4.69) is 36.3 Å². The third kappa shape index (κ3) is 3.56. The number of H-pyrrole nitrogens is 1. The Morgan fingerprint density at radius 2 is 2.06 bits per heavy atom. The van der Waals surface area contributed by atoms with Crippen molar-refractivity contribution in [2.45, 2.75) is 46.1 Å². The van der Waals surface area contributed by atoms with E-state index in [9.17, 15) is 4.79 Å². The first-order chi connectivity index (χ1) is 7.71. The first-order valence-corrected chi connectivity index (χ1v) is 5.84. The second kappa shape index (κ2) is 4.87. The van der Waals surface area contributed by atoms with Crippen LogP contribution in [0.4, 0.5) is 5.82 Å². The number of anilines is 1. The molecule has 0 bridgehead atoms. The van der Waals surface area contributed by atoms with Crippen molar-refractivity contribution in [3.63, 3.8) is 0 Å². The van der Waals surface area contributed by atoms with Crippen LogP contribution in [0.3, 0.4) is 0 Å². The van der Waals surface area contributed by atoms with Crippen molar-refractivity contribution in [1.29, 1.82) is 0 Å². The first kappa shape index (κ1) is 13.7. The Kier molecular flexibility index (Phi) is 3.93. The summed E-state index contributed by atoms with van der Waals surface area (Å²) in [6, 6.07) is 1.68. The molecule has 0 saturated heterocycles. The lowest BCUT2D eigenvalue weighted by molar-refractivity contribution is -0.119. The Hall–Kier alpha value is -1.36. The molecule has 4 N–H and O–H groups in total. The maximum Gasteiger partial charge on any atom is 0.229 e. The molecule has 0 aliphatic rings. The maximum atomic E-state index is 11.8. The van der Waals surface area contributed by atoms with Crippen LogP contribution in [0.2, 0.25) is 0 Å². The van der Waals surface area contributed by atoms with Crippen molar-refractivity contribution in [3.05, 3.63) is 11.8 Å². The molecule has 0 saturated carbocycles. The van der Waals surface area contributed by atoms with E-state index in [0.29, 0.717) is 5.82 Å². The number of amides is 1. The number of aromatic nitrogens is 2. The minimum atomic E-state index is -0.232. The first-order valence-electron chi connectivity index (χ1n) is 5.84. The Labute approximate surface area is 102 Å². The molecule has 0 radical (unpaired) electrons. The molecule has 0 aliphatic heterocycles. The van der Waals surface area contributed by atoms with Gasteiger partial charge in [0.2, 0.25) is 5.91 Å². The van der Waals surface area contributed by atoms with Crippen LogP contribution in [0.25, 0.3) is 0 Å². The normalized spacial score (nSPS) is 15.4.